The van der Waals surface area contributed by atoms with Crippen molar-refractivity contribution in [2.24, 2.45) is 0 Å². The largest absolute Gasteiger partial charge is 0.334 e. The first kappa shape index (κ1) is 17.3. The predicted molar refractivity (Wildman–Crippen MR) is 100 cm³/mol. The Hall–Kier alpha value is -2.50. The van der Waals surface area contributed by atoms with E-state index >= 15 is 0 Å². The average Bonchev–Trinajstić information content (AvgIpc) is 3.10. The van der Waals surface area contributed by atoms with Crippen molar-refractivity contribution in [3.05, 3.63) is 82.4 Å². The van der Waals surface area contributed by atoms with Crippen LogP contribution >= 0.6 is 23.2 Å². The third-order valence-corrected chi connectivity index (χ3v) is 4.20. The first-order chi connectivity index (χ1) is 12.1. The van der Waals surface area contributed by atoms with Crippen molar-refractivity contribution < 1.29 is 4.79 Å². The Balaban J connectivity index is 1.62. The summed E-state index contributed by atoms with van der Waals surface area (Å²) in [7, 11) is 0. The molecule has 0 bridgehead atoms. The van der Waals surface area contributed by atoms with Gasteiger partial charge in [-0.2, -0.15) is 0 Å². The molecule has 0 spiro atoms. The van der Waals surface area contributed by atoms with Crippen LogP contribution in [0, 0.1) is 0 Å². The fourth-order valence-corrected chi connectivity index (χ4v) is 2.85. The lowest BCUT2D eigenvalue weighted by Crippen LogP contribution is -2.28. The Bertz CT molecular complexity index is 865. The molecule has 2 amide bonds. The lowest BCUT2D eigenvalue weighted by atomic mass is 10.1. The van der Waals surface area contributed by atoms with Gasteiger partial charge in [0.25, 0.3) is 0 Å². The zero-order chi connectivity index (χ0) is 17.6. The number of urea groups is 1. The van der Waals surface area contributed by atoms with Crippen molar-refractivity contribution >= 4 is 34.9 Å². The van der Waals surface area contributed by atoms with Crippen LogP contribution in [0.4, 0.5) is 10.5 Å². The highest BCUT2D eigenvalue weighted by Gasteiger charge is 2.08. The highest BCUT2D eigenvalue weighted by Crippen LogP contribution is 2.25. The van der Waals surface area contributed by atoms with E-state index in [1.165, 1.54) is 0 Å². The molecule has 3 aromatic rings. The van der Waals surface area contributed by atoms with Crippen LogP contribution in [-0.4, -0.2) is 15.6 Å². The summed E-state index contributed by atoms with van der Waals surface area (Å²) in [6.45, 7) is 1.10. The maximum Gasteiger partial charge on any atom is 0.319 e. The molecule has 5 nitrogen and oxygen atoms in total. The van der Waals surface area contributed by atoms with Gasteiger partial charge in [0.2, 0.25) is 0 Å². The van der Waals surface area contributed by atoms with E-state index in [1.807, 2.05) is 35.0 Å². The molecule has 0 aliphatic rings. The van der Waals surface area contributed by atoms with Crippen LogP contribution in [0.2, 0.25) is 10.0 Å². The van der Waals surface area contributed by atoms with Gasteiger partial charge in [-0.1, -0.05) is 47.5 Å². The number of carbonyl (C=O) groups is 1. The fraction of sp³-hybridized carbons (Fsp3) is 0.111. The van der Waals surface area contributed by atoms with E-state index in [0.717, 1.165) is 11.1 Å². The number of nitrogens with zero attached hydrogens (tertiary/aromatic N) is 2. The molecule has 2 aromatic carbocycles. The van der Waals surface area contributed by atoms with Crippen LogP contribution in [0.5, 0.6) is 0 Å². The number of nitrogens with one attached hydrogen (secondary N) is 2. The van der Waals surface area contributed by atoms with Crippen LogP contribution in [0.15, 0.2) is 61.2 Å². The van der Waals surface area contributed by atoms with Crippen molar-refractivity contribution in [2.75, 3.05) is 5.32 Å². The van der Waals surface area contributed by atoms with Gasteiger partial charge in [-0.3, -0.25) is 0 Å². The zero-order valence-electron chi connectivity index (χ0n) is 13.2. The van der Waals surface area contributed by atoms with Gasteiger partial charge in [-0.15, -0.1) is 0 Å². The molecule has 25 heavy (non-hydrogen) atoms. The Morgan fingerprint density at radius 2 is 1.92 bits per heavy atom. The number of hydrogen-bond acceptors (Lipinski definition) is 2. The molecule has 0 radical (unpaired) electrons. The quantitative estimate of drug-likeness (QED) is 0.687. The highest BCUT2D eigenvalue weighted by molar-refractivity contribution is 6.36. The standard InChI is InChI=1S/C18H16Cl2N4O/c19-15-5-6-17(16(20)9-15)23-18(25)22-10-13-3-1-2-4-14(13)11-24-8-7-21-12-24/h1-9,12H,10-11H2,(H2,22,23,25). The molecular weight excluding hydrogens is 359 g/mol. The summed E-state index contributed by atoms with van der Waals surface area (Å²) >= 11 is 11.9. The molecule has 2 N–H and O–H groups in total. The molecule has 0 saturated heterocycles. The number of rotatable bonds is 5. The average molecular weight is 375 g/mol. The normalized spacial score (nSPS) is 10.5. The Morgan fingerprint density at radius 1 is 1.12 bits per heavy atom. The van der Waals surface area contributed by atoms with Crippen molar-refractivity contribution in [2.45, 2.75) is 13.1 Å². The third kappa shape index (κ3) is 4.75. The summed E-state index contributed by atoms with van der Waals surface area (Å²) in [5.41, 5.74) is 2.66. The Kier molecular flexibility index (Phi) is 5.58. The number of amides is 2. The van der Waals surface area contributed by atoms with Gasteiger partial charge in [-0.25, -0.2) is 9.78 Å². The zero-order valence-corrected chi connectivity index (χ0v) is 14.8. The SMILES string of the molecule is O=C(NCc1ccccc1Cn1ccnc1)Nc1ccc(Cl)cc1Cl. The second-order valence-electron chi connectivity index (χ2n) is 5.44. The molecule has 7 heteroatoms. The van der Waals surface area contributed by atoms with E-state index in [0.29, 0.717) is 28.8 Å². The molecule has 0 aliphatic heterocycles. The van der Waals surface area contributed by atoms with Gasteiger partial charge in [0.05, 0.1) is 17.0 Å². The van der Waals surface area contributed by atoms with Crippen molar-refractivity contribution in [3.8, 4) is 0 Å². The number of hydrogen-bond donors (Lipinski definition) is 2. The van der Waals surface area contributed by atoms with Crippen LogP contribution in [0.3, 0.4) is 0 Å². The first-order valence-corrected chi connectivity index (χ1v) is 8.40. The highest BCUT2D eigenvalue weighted by atomic mass is 35.5. The van der Waals surface area contributed by atoms with E-state index < -0.39 is 0 Å². The lowest BCUT2D eigenvalue weighted by Gasteiger charge is -2.12. The second kappa shape index (κ2) is 8.05. The summed E-state index contributed by atoms with van der Waals surface area (Å²) in [6, 6.07) is 12.5. The third-order valence-electron chi connectivity index (χ3n) is 3.65. The number of halogens is 2. The van der Waals surface area contributed by atoms with Crippen LogP contribution in [-0.2, 0) is 13.1 Å². The molecule has 0 fully saturated rings. The molecule has 0 unspecified atom stereocenters. The minimum atomic E-state index is -0.332. The van der Waals surface area contributed by atoms with Gasteiger partial charge in [0, 0.05) is 30.5 Å². The number of carbonyl (C=O) groups excluding carboxylic acids is 1. The van der Waals surface area contributed by atoms with Gasteiger partial charge >= 0.3 is 6.03 Å². The van der Waals surface area contributed by atoms with Crippen molar-refractivity contribution in [1.82, 2.24) is 14.9 Å². The van der Waals surface area contributed by atoms with Crippen molar-refractivity contribution in [3.63, 3.8) is 0 Å². The summed E-state index contributed by atoms with van der Waals surface area (Å²) in [5.74, 6) is 0. The molecule has 0 atom stereocenters. The van der Waals surface area contributed by atoms with Gasteiger partial charge in [-0.05, 0) is 29.3 Å². The summed E-state index contributed by atoms with van der Waals surface area (Å²) < 4.78 is 1.98. The number of aromatic nitrogens is 2. The van der Waals surface area contributed by atoms with Gasteiger partial charge < -0.3 is 15.2 Å². The van der Waals surface area contributed by atoms with E-state index in [1.54, 1.807) is 30.7 Å². The smallest absolute Gasteiger partial charge is 0.319 e. The predicted octanol–water partition coefficient (Wildman–Crippen LogP) is 4.56. The van der Waals surface area contributed by atoms with E-state index in [4.69, 9.17) is 23.2 Å². The van der Waals surface area contributed by atoms with Crippen molar-refractivity contribution in [1.29, 1.82) is 0 Å². The lowest BCUT2D eigenvalue weighted by molar-refractivity contribution is 0.251. The van der Waals surface area contributed by atoms with E-state index in [9.17, 15) is 4.79 Å². The first-order valence-electron chi connectivity index (χ1n) is 7.64. The Labute approximate surface area is 155 Å². The molecule has 1 heterocycles. The van der Waals surface area contributed by atoms with Crippen LogP contribution in [0.1, 0.15) is 11.1 Å². The maximum absolute atomic E-state index is 12.1. The maximum atomic E-state index is 12.1. The number of anilines is 1. The molecule has 1 aromatic heterocycles. The molecule has 0 saturated carbocycles. The van der Waals surface area contributed by atoms with E-state index in [2.05, 4.69) is 15.6 Å². The minimum absolute atomic E-state index is 0.332. The summed E-state index contributed by atoms with van der Waals surface area (Å²) in [6.07, 6.45) is 5.41. The molecule has 0 aliphatic carbocycles. The number of benzene rings is 2. The minimum Gasteiger partial charge on any atom is -0.334 e. The molecule has 3 rings (SSSR count). The summed E-state index contributed by atoms with van der Waals surface area (Å²) in [4.78, 5) is 16.2. The van der Waals surface area contributed by atoms with E-state index in [-0.39, 0.29) is 6.03 Å². The van der Waals surface area contributed by atoms with Crippen LogP contribution in [0.25, 0.3) is 0 Å². The number of imidazole rings is 1. The molecule has 128 valence electrons. The van der Waals surface area contributed by atoms with Crippen LogP contribution < -0.4 is 10.6 Å². The fourth-order valence-electron chi connectivity index (χ4n) is 2.39. The van der Waals surface area contributed by atoms with Gasteiger partial charge in [0.1, 0.15) is 0 Å². The summed E-state index contributed by atoms with van der Waals surface area (Å²) in [5, 5.41) is 6.47. The topological polar surface area (TPSA) is 59.0 Å². The Morgan fingerprint density at radius 3 is 2.64 bits per heavy atom. The molecular formula is C18H16Cl2N4O. The second-order valence-corrected chi connectivity index (χ2v) is 6.28. The van der Waals surface area contributed by atoms with Gasteiger partial charge in [0.15, 0.2) is 0 Å². The monoisotopic (exact) mass is 374 g/mol.